The van der Waals surface area contributed by atoms with E-state index in [2.05, 4.69) is 9.47 Å². The van der Waals surface area contributed by atoms with Crippen LogP contribution in [-0.4, -0.2) is 104 Å². The number of carbonyl (C=O) groups is 4. The van der Waals surface area contributed by atoms with E-state index in [4.69, 9.17) is 15.3 Å². The van der Waals surface area contributed by atoms with Crippen LogP contribution < -0.4 is 0 Å². The van der Waals surface area contributed by atoms with Crippen LogP contribution in [0.3, 0.4) is 0 Å². The van der Waals surface area contributed by atoms with Gasteiger partial charge in [0.1, 0.15) is 18.3 Å². The fourth-order valence-electron chi connectivity index (χ4n) is 1.78. The van der Waals surface area contributed by atoms with Crippen molar-refractivity contribution in [3.63, 3.8) is 0 Å². The van der Waals surface area contributed by atoms with Crippen molar-refractivity contribution in [2.45, 2.75) is 36.6 Å². The topological polar surface area (TPSA) is 208 Å². The van der Waals surface area contributed by atoms with Gasteiger partial charge in [-0.15, -0.1) is 0 Å². The van der Waals surface area contributed by atoms with E-state index in [1.165, 1.54) is 0 Å². The highest BCUT2D eigenvalue weighted by molar-refractivity contribution is 6.39. The van der Waals surface area contributed by atoms with E-state index in [-0.39, 0.29) is 0 Å². The summed E-state index contributed by atoms with van der Waals surface area (Å²) in [7, 11) is 0. The van der Waals surface area contributed by atoms with Gasteiger partial charge in [-0.25, -0.2) is 9.59 Å². The van der Waals surface area contributed by atoms with Crippen molar-refractivity contribution < 1.29 is 59.3 Å². The zero-order valence-electron chi connectivity index (χ0n) is 12.0. The quantitative estimate of drug-likeness (QED) is 0.178. The lowest BCUT2D eigenvalue weighted by Crippen LogP contribution is -2.49. The maximum atomic E-state index is 11.6. The molecule has 0 amide bonds. The molecule has 0 aromatic rings. The Morgan fingerprint density at radius 3 is 2.17 bits per heavy atom. The van der Waals surface area contributed by atoms with Crippen LogP contribution in [0.4, 0.5) is 0 Å². The number of ketones is 2. The highest BCUT2D eigenvalue weighted by Crippen LogP contribution is 2.19. The molecule has 1 fully saturated rings. The summed E-state index contributed by atoms with van der Waals surface area (Å²) >= 11 is 0. The monoisotopic (exact) mass is 352 g/mol. The Morgan fingerprint density at radius 2 is 1.67 bits per heavy atom. The van der Waals surface area contributed by atoms with Crippen molar-refractivity contribution in [2.75, 3.05) is 13.2 Å². The fraction of sp³-hybridized carbons (Fsp3) is 0.667. The molecule has 24 heavy (non-hydrogen) atoms. The third-order valence-corrected chi connectivity index (χ3v) is 3.18. The molecule has 0 aromatic heterocycles. The minimum absolute atomic E-state index is 0.947. The first-order valence-corrected chi connectivity index (χ1v) is 6.59. The molecule has 1 aliphatic rings. The minimum atomic E-state index is -2.48. The minimum Gasteiger partial charge on any atom is -0.449 e. The van der Waals surface area contributed by atoms with E-state index >= 15 is 0 Å². The van der Waals surface area contributed by atoms with Crippen LogP contribution in [0.1, 0.15) is 0 Å². The standard InChI is InChI=1S/C12H16O12/c13-1-3(15)5(17)6(18)7(19)11(21)24-10-8(20)12(22)23-9(10)4(16)2-14/h3-6,9-10,13-18H,1-2H2/t3-,4-,5+,6-,9+,10?/m0/s1. The van der Waals surface area contributed by atoms with E-state index in [0.717, 1.165) is 0 Å². The Bertz CT molecular complexity index is 516. The van der Waals surface area contributed by atoms with E-state index in [9.17, 15) is 34.5 Å². The van der Waals surface area contributed by atoms with Gasteiger partial charge in [0.05, 0.1) is 13.2 Å². The Hall–Kier alpha value is -1.96. The average molecular weight is 352 g/mol. The molecule has 1 rings (SSSR count). The summed E-state index contributed by atoms with van der Waals surface area (Å²) in [6, 6.07) is 0. The Labute approximate surface area is 133 Å². The van der Waals surface area contributed by atoms with Crippen LogP contribution in [0, 0.1) is 0 Å². The number of carbonyl (C=O) groups excluding carboxylic acids is 4. The zero-order valence-corrected chi connectivity index (χ0v) is 12.0. The molecule has 0 bridgehead atoms. The highest BCUT2D eigenvalue weighted by Gasteiger charge is 2.50. The van der Waals surface area contributed by atoms with E-state index < -0.39 is 73.3 Å². The summed E-state index contributed by atoms with van der Waals surface area (Å²) in [4.78, 5) is 45.9. The fourth-order valence-corrected chi connectivity index (χ4v) is 1.78. The molecule has 6 atom stereocenters. The molecule has 6 N–H and O–H groups in total. The summed E-state index contributed by atoms with van der Waals surface area (Å²) in [5, 5.41) is 54.6. The Balaban J connectivity index is 2.82. The molecular weight excluding hydrogens is 336 g/mol. The number of rotatable bonds is 8. The number of hydrogen-bond acceptors (Lipinski definition) is 12. The smallest absolute Gasteiger partial charge is 0.379 e. The number of cyclic esters (lactones) is 1. The van der Waals surface area contributed by atoms with Crippen molar-refractivity contribution >= 4 is 23.5 Å². The molecule has 1 unspecified atom stereocenters. The van der Waals surface area contributed by atoms with Crippen molar-refractivity contribution in [1.29, 1.82) is 0 Å². The maximum absolute atomic E-state index is 11.6. The molecule has 0 aromatic carbocycles. The van der Waals surface area contributed by atoms with Gasteiger partial charge in [-0.2, -0.15) is 0 Å². The first-order chi connectivity index (χ1) is 11.1. The van der Waals surface area contributed by atoms with Gasteiger partial charge in [0.25, 0.3) is 11.6 Å². The first kappa shape index (κ1) is 20.1. The lowest BCUT2D eigenvalue weighted by Gasteiger charge is -2.22. The normalized spacial score (nSPS) is 25.6. The second kappa shape index (κ2) is 8.23. The van der Waals surface area contributed by atoms with Crippen molar-refractivity contribution in [1.82, 2.24) is 0 Å². The Morgan fingerprint density at radius 1 is 1.08 bits per heavy atom. The molecule has 0 spiro atoms. The summed E-state index contributed by atoms with van der Waals surface area (Å²) < 4.78 is 8.82. The van der Waals surface area contributed by atoms with Gasteiger partial charge >= 0.3 is 11.9 Å². The van der Waals surface area contributed by atoms with Gasteiger partial charge in [-0.3, -0.25) is 9.59 Å². The number of hydrogen-bond donors (Lipinski definition) is 6. The summed E-state index contributed by atoms with van der Waals surface area (Å²) in [5.74, 6) is -6.51. The second-order valence-electron chi connectivity index (χ2n) is 4.86. The number of Topliss-reactive ketones (excluding diaryl/α,β-unsaturated/α-hetero) is 2. The third kappa shape index (κ3) is 4.11. The first-order valence-electron chi connectivity index (χ1n) is 6.59. The van der Waals surface area contributed by atoms with Gasteiger partial charge in [0.2, 0.25) is 6.10 Å². The van der Waals surface area contributed by atoms with Gasteiger partial charge < -0.3 is 40.1 Å². The molecule has 0 saturated carbocycles. The van der Waals surface area contributed by atoms with Gasteiger partial charge in [0, 0.05) is 0 Å². The molecule has 12 heteroatoms. The van der Waals surface area contributed by atoms with Crippen LogP contribution in [0.25, 0.3) is 0 Å². The maximum Gasteiger partial charge on any atom is 0.379 e. The molecule has 1 aliphatic heterocycles. The van der Waals surface area contributed by atoms with Gasteiger partial charge in [0.15, 0.2) is 12.2 Å². The van der Waals surface area contributed by atoms with E-state index in [0.29, 0.717) is 0 Å². The van der Waals surface area contributed by atoms with Crippen LogP contribution in [0.15, 0.2) is 0 Å². The highest BCUT2D eigenvalue weighted by atomic mass is 16.6. The van der Waals surface area contributed by atoms with Crippen LogP contribution in [-0.2, 0) is 28.7 Å². The largest absolute Gasteiger partial charge is 0.449 e. The molecule has 1 heterocycles. The molecular formula is C12H16O12. The van der Waals surface area contributed by atoms with E-state index in [1.54, 1.807) is 0 Å². The van der Waals surface area contributed by atoms with Crippen LogP contribution >= 0.6 is 0 Å². The molecule has 1 saturated heterocycles. The Kier molecular flexibility index (Phi) is 6.89. The summed E-state index contributed by atoms with van der Waals surface area (Å²) in [5.41, 5.74) is 0. The van der Waals surface area contributed by atoms with Gasteiger partial charge in [-0.1, -0.05) is 0 Å². The number of ether oxygens (including phenoxy) is 2. The van der Waals surface area contributed by atoms with Crippen molar-refractivity contribution in [2.24, 2.45) is 0 Å². The number of aliphatic hydroxyl groups is 6. The number of aliphatic hydroxyl groups excluding tert-OH is 6. The van der Waals surface area contributed by atoms with Crippen LogP contribution in [0.2, 0.25) is 0 Å². The lowest BCUT2D eigenvalue weighted by atomic mass is 10.0. The molecule has 12 nitrogen and oxygen atoms in total. The SMILES string of the molecule is O=C1O[C@H]([C@@H](O)CO)C(OC(=O)C(=O)[C@@H](O)[C@H](O)[C@@H](O)CO)C1=O. The zero-order chi connectivity index (χ0) is 18.6. The summed E-state index contributed by atoms with van der Waals surface area (Å²) in [6.45, 7) is -1.97. The number of esters is 2. The molecule has 0 aliphatic carbocycles. The average Bonchev–Trinajstić information content (AvgIpc) is 2.86. The predicted molar refractivity (Wildman–Crippen MR) is 68.0 cm³/mol. The predicted octanol–water partition coefficient (Wildman–Crippen LogP) is -5.61. The summed E-state index contributed by atoms with van der Waals surface area (Å²) in [6.07, 6.45) is -12.2. The van der Waals surface area contributed by atoms with Crippen molar-refractivity contribution in [3.05, 3.63) is 0 Å². The van der Waals surface area contributed by atoms with E-state index in [1.807, 2.05) is 0 Å². The molecule has 136 valence electrons. The molecule has 0 radical (unpaired) electrons. The third-order valence-electron chi connectivity index (χ3n) is 3.18. The van der Waals surface area contributed by atoms with Crippen LogP contribution in [0.5, 0.6) is 0 Å². The second-order valence-corrected chi connectivity index (χ2v) is 4.86. The van der Waals surface area contributed by atoms with Crippen molar-refractivity contribution in [3.8, 4) is 0 Å². The lowest BCUT2D eigenvalue weighted by molar-refractivity contribution is -0.172. The van der Waals surface area contributed by atoms with Gasteiger partial charge in [-0.05, 0) is 0 Å².